The van der Waals surface area contributed by atoms with E-state index in [9.17, 15) is 0 Å². The van der Waals surface area contributed by atoms with Crippen LogP contribution >= 0.6 is 11.6 Å². The average Bonchev–Trinajstić information content (AvgIpc) is 2.33. The highest BCUT2D eigenvalue weighted by atomic mass is 35.5. The van der Waals surface area contributed by atoms with Crippen LogP contribution in [0.1, 0.15) is 32.1 Å². The zero-order chi connectivity index (χ0) is 11.4. The van der Waals surface area contributed by atoms with Crippen molar-refractivity contribution in [3.63, 3.8) is 0 Å². The first-order valence-electron chi connectivity index (χ1n) is 5.66. The minimum absolute atomic E-state index is 0.255. The molecule has 0 aromatic carbocycles. The zero-order valence-corrected chi connectivity index (χ0v) is 10.1. The van der Waals surface area contributed by atoms with Crippen LogP contribution in [0.15, 0.2) is 6.20 Å². The molecule has 5 heteroatoms. The van der Waals surface area contributed by atoms with Gasteiger partial charge in [0.25, 0.3) is 0 Å². The number of hydrogen-bond donors (Lipinski definition) is 1. The predicted octanol–water partition coefficient (Wildman–Crippen LogP) is 2.88. The molecular weight excluding hydrogens is 226 g/mol. The van der Waals surface area contributed by atoms with Gasteiger partial charge in [0.15, 0.2) is 0 Å². The first-order valence-corrected chi connectivity index (χ1v) is 6.04. The Morgan fingerprint density at radius 2 is 2.12 bits per heavy atom. The summed E-state index contributed by atoms with van der Waals surface area (Å²) in [7, 11) is 1.77. The van der Waals surface area contributed by atoms with Gasteiger partial charge in [-0.1, -0.05) is 18.0 Å². The van der Waals surface area contributed by atoms with E-state index in [0.717, 1.165) is 12.8 Å². The molecular formula is C11H16ClN3O. The quantitative estimate of drug-likeness (QED) is 0.884. The maximum Gasteiger partial charge on any atom is 0.237 e. The highest BCUT2D eigenvalue weighted by Gasteiger charge is 2.17. The largest absolute Gasteiger partial charge is 0.473 e. The van der Waals surface area contributed by atoms with Crippen LogP contribution in [0.2, 0.25) is 5.02 Å². The average molecular weight is 242 g/mol. The van der Waals surface area contributed by atoms with Gasteiger partial charge in [0.05, 0.1) is 6.20 Å². The van der Waals surface area contributed by atoms with Crippen LogP contribution in [0.4, 0.5) is 5.95 Å². The van der Waals surface area contributed by atoms with Gasteiger partial charge < -0.3 is 10.1 Å². The Hall–Kier alpha value is -1.03. The monoisotopic (exact) mass is 241 g/mol. The number of ether oxygens (including phenoxy) is 1. The maximum absolute atomic E-state index is 5.99. The number of anilines is 1. The molecule has 1 aliphatic carbocycles. The number of nitrogens with zero attached hydrogens (tertiary/aromatic N) is 2. The second-order valence-electron chi connectivity index (χ2n) is 3.97. The fourth-order valence-corrected chi connectivity index (χ4v) is 2.03. The molecule has 0 bridgehead atoms. The molecule has 88 valence electrons. The summed E-state index contributed by atoms with van der Waals surface area (Å²) in [4.78, 5) is 8.22. The first kappa shape index (κ1) is 11.5. The van der Waals surface area contributed by atoms with Gasteiger partial charge in [0.2, 0.25) is 11.8 Å². The van der Waals surface area contributed by atoms with Crippen molar-refractivity contribution in [3.8, 4) is 5.88 Å². The SMILES string of the molecule is CNc1ncc(Cl)c(OC2CCCCC2)n1. The lowest BCUT2D eigenvalue weighted by Gasteiger charge is -2.22. The Labute approximate surface area is 100 Å². The molecule has 1 aliphatic rings. The highest BCUT2D eigenvalue weighted by Crippen LogP contribution is 2.27. The van der Waals surface area contributed by atoms with E-state index in [0.29, 0.717) is 16.9 Å². The Kier molecular flexibility index (Phi) is 3.83. The molecule has 0 amide bonds. The van der Waals surface area contributed by atoms with Crippen LogP contribution in [0, 0.1) is 0 Å². The molecule has 4 nitrogen and oxygen atoms in total. The summed E-state index contributed by atoms with van der Waals surface area (Å²) >= 11 is 5.99. The summed E-state index contributed by atoms with van der Waals surface area (Å²) in [6.45, 7) is 0. The van der Waals surface area contributed by atoms with Gasteiger partial charge in [-0.2, -0.15) is 4.98 Å². The minimum atomic E-state index is 0.255. The fourth-order valence-electron chi connectivity index (χ4n) is 1.90. The molecule has 0 unspecified atom stereocenters. The van der Waals surface area contributed by atoms with Crippen LogP contribution < -0.4 is 10.1 Å². The minimum Gasteiger partial charge on any atom is -0.473 e. The second-order valence-corrected chi connectivity index (χ2v) is 4.38. The third-order valence-electron chi connectivity index (χ3n) is 2.77. The van der Waals surface area contributed by atoms with Crippen LogP contribution in [-0.2, 0) is 0 Å². The zero-order valence-electron chi connectivity index (χ0n) is 9.37. The summed E-state index contributed by atoms with van der Waals surface area (Å²) in [6.07, 6.45) is 7.77. The summed E-state index contributed by atoms with van der Waals surface area (Å²) in [5.41, 5.74) is 0. The van der Waals surface area contributed by atoms with Crippen molar-refractivity contribution in [2.45, 2.75) is 38.2 Å². The van der Waals surface area contributed by atoms with E-state index in [1.807, 2.05) is 0 Å². The number of halogens is 1. The van der Waals surface area contributed by atoms with Crippen molar-refractivity contribution in [1.82, 2.24) is 9.97 Å². The van der Waals surface area contributed by atoms with E-state index in [1.165, 1.54) is 19.3 Å². The molecule has 0 radical (unpaired) electrons. The molecule has 0 saturated heterocycles. The van der Waals surface area contributed by atoms with Crippen molar-refractivity contribution in [2.24, 2.45) is 0 Å². The van der Waals surface area contributed by atoms with Crippen LogP contribution in [0.25, 0.3) is 0 Å². The Morgan fingerprint density at radius 1 is 1.38 bits per heavy atom. The summed E-state index contributed by atoms with van der Waals surface area (Å²) in [5.74, 6) is 1.03. The van der Waals surface area contributed by atoms with Crippen molar-refractivity contribution in [3.05, 3.63) is 11.2 Å². The van der Waals surface area contributed by atoms with E-state index < -0.39 is 0 Å². The summed E-state index contributed by atoms with van der Waals surface area (Å²) in [6, 6.07) is 0. The molecule has 1 heterocycles. The van der Waals surface area contributed by atoms with E-state index in [2.05, 4.69) is 15.3 Å². The normalized spacial score (nSPS) is 17.1. The van der Waals surface area contributed by atoms with Gasteiger partial charge in [0, 0.05) is 7.05 Å². The Balaban J connectivity index is 2.06. The highest BCUT2D eigenvalue weighted by molar-refractivity contribution is 6.31. The molecule has 1 aromatic rings. The lowest BCUT2D eigenvalue weighted by molar-refractivity contribution is 0.149. The lowest BCUT2D eigenvalue weighted by atomic mass is 9.98. The summed E-state index contributed by atoms with van der Waals surface area (Å²) in [5, 5.41) is 3.35. The van der Waals surface area contributed by atoms with Gasteiger partial charge in [0.1, 0.15) is 11.1 Å². The predicted molar refractivity (Wildman–Crippen MR) is 64.1 cm³/mol. The lowest BCUT2D eigenvalue weighted by Crippen LogP contribution is -2.20. The smallest absolute Gasteiger partial charge is 0.237 e. The molecule has 1 N–H and O–H groups in total. The molecule has 0 atom stereocenters. The molecule has 1 fully saturated rings. The van der Waals surface area contributed by atoms with Crippen molar-refractivity contribution >= 4 is 17.5 Å². The number of rotatable bonds is 3. The fraction of sp³-hybridized carbons (Fsp3) is 0.636. The second kappa shape index (κ2) is 5.34. The van der Waals surface area contributed by atoms with Crippen molar-refractivity contribution in [2.75, 3.05) is 12.4 Å². The number of hydrogen-bond acceptors (Lipinski definition) is 4. The number of nitrogens with one attached hydrogen (secondary N) is 1. The first-order chi connectivity index (χ1) is 7.79. The molecule has 0 spiro atoms. The third-order valence-corrected chi connectivity index (χ3v) is 3.03. The standard InChI is InChI=1S/C11H16ClN3O/c1-13-11-14-7-9(12)10(15-11)16-8-5-3-2-4-6-8/h7-8H,2-6H2,1H3,(H,13,14,15). The molecule has 16 heavy (non-hydrogen) atoms. The van der Waals surface area contributed by atoms with Gasteiger partial charge in [-0.3, -0.25) is 0 Å². The molecule has 0 aliphatic heterocycles. The number of aromatic nitrogens is 2. The van der Waals surface area contributed by atoms with E-state index in [4.69, 9.17) is 16.3 Å². The third kappa shape index (κ3) is 2.76. The van der Waals surface area contributed by atoms with Gasteiger partial charge >= 0.3 is 0 Å². The van der Waals surface area contributed by atoms with E-state index in [1.54, 1.807) is 13.2 Å². The van der Waals surface area contributed by atoms with Gasteiger partial charge in [-0.25, -0.2) is 4.98 Å². The summed E-state index contributed by atoms with van der Waals surface area (Å²) < 4.78 is 5.81. The van der Waals surface area contributed by atoms with E-state index >= 15 is 0 Å². The van der Waals surface area contributed by atoms with Crippen LogP contribution in [0.3, 0.4) is 0 Å². The topological polar surface area (TPSA) is 47.0 Å². The maximum atomic E-state index is 5.99. The molecule has 1 aromatic heterocycles. The van der Waals surface area contributed by atoms with Crippen molar-refractivity contribution < 1.29 is 4.74 Å². The van der Waals surface area contributed by atoms with Gasteiger partial charge in [-0.05, 0) is 25.7 Å². The van der Waals surface area contributed by atoms with E-state index in [-0.39, 0.29) is 6.10 Å². The van der Waals surface area contributed by atoms with Crippen molar-refractivity contribution in [1.29, 1.82) is 0 Å². The van der Waals surface area contributed by atoms with Crippen LogP contribution in [0.5, 0.6) is 5.88 Å². The van der Waals surface area contributed by atoms with Gasteiger partial charge in [-0.15, -0.1) is 0 Å². The Bertz CT molecular complexity index is 353. The Morgan fingerprint density at radius 3 is 2.81 bits per heavy atom. The van der Waals surface area contributed by atoms with Crippen LogP contribution in [-0.4, -0.2) is 23.1 Å². The molecule has 2 rings (SSSR count). The molecule has 1 saturated carbocycles.